The van der Waals surface area contributed by atoms with Crippen molar-refractivity contribution in [1.29, 1.82) is 5.41 Å². The summed E-state index contributed by atoms with van der Waals surface area (Å²) in [4.78, 5) is 1.56. The van der Waals surface area contributed by atoms with Crippen LogP contribution in [0.1, 0.15) is 25.7 Å². The Morgan fingerprint density at radius 2 is 2.08 bits per heavy atom. The van der Waals surface area contributed by atoms with Crippen molar-refractivity contribution in [1.82, 2.24) is 4.90 Å². The molecule has 0 bridgehead atoms. The molecule has 0 spiro atoms. The molecule has 1 saturated carbocycles. The van der Waals surface area contributed by atoms with Crippen LogP contribution in [-0.4, -0.2) is 29.7 Å². The van der Waals surface area contributed by atoms with Gasteiger partial charge in [-0.1, -0.05) is 0 Å². The summed E-state index contributed by atoms with van der Waals surface area (Å²) in [5, 5.41) is 7.67. The molecule has 2 rings (SSSR count). The first-order valence-corrected chi connectivity index (χ1v) is 4.80. The van der Waals surface area contributed by atoms with Gasteiger partial charge in [0.25, 0.3) is 5.92 Å². The number of hydrogen-bond acceptors (Lipinski definition) is 1. The molecule has 2 nitrogen and oxygen atoms in total. The monoisotopic (exact) mass is 188 g/mol. The Morgan fingerprint density at radius 3 is 2.62 bits per heavy atom. The van der Waals surface area contributed by atoms with Crippen LogP contribution < -0.4 is 0 Å². The van der Waals surface area contributed by atoms with E-state index in [9.17, 15) is 8.78 Å². The van der Waals surface area contributed by atoms with Gasteiger partial charge in [0.2, 0.25) is 0 Å². The second kappa shape index (κ2) is 2.93. The van der Waals surface area contributed by atoms with E-state index in [-0.39, 0.29) is 18.9 Å². The molecular weight excluding hydrogens is 174 g/mol. The number of alkyl halides is 2. The van der Waals surface area contributed by atoms with Crippen molar-refractivity contribution in [2.45, 2.75) is 31.6 Å². The van der Waals surface area contributed by atoms with Gasteiger partial charge in [0, 0.05) is 18.9 Å². The lowest BCUT2D eigenvalue weighted by molar-refractivity contribution is -0.0474. The highest BCUT2D eigenvalue weighted by atomic mass is 19.3. The molecular formula is C9H14F2N2. The standard InChI is InChI=1S/C9H14F2N2/c10-9(11)4-1-5-13(6-9)8(12)7-2-3-7/h7,12H,1-6H2. The quantitative estimate of drug-likeness (QED) is 0.495. The van der Waals surface area contributed by atoms with Gasteiger partial charge >= 0.3 is 0 Å². The van der Waals surface area contributed by atoms with Gasteiger partial charge in [-0.3, -0.25) is 5.41 Å². The largest absolute Gasteiger partial charge is 0.354 e. The zero-order chi connectivity index (χ0) is 9.47. The predicted molar refractivity (Wildman–Crippen MR) is 46.2 cm³/mol. The second-order valence-electron chi connectivity index (χ2n) is 4.04. The van der Waals surface area contributed by atoms with Crippen molar-refractivity contribution in [3.8, 4) is 0 Å². The van der Waals surface area contributed by atoms with Gasteiger partial charge in [0.1, 0.15) is 0 Å². The normalized spacial score (nSPS) is 27.4. The number of hydrogen-bond donors (Lipinski definition) is 1. The van der Waals surface area contributed by atoms with Crippen LogP contribution in [0.25, 0.3) is 0 Å². The first-order chi connectivity index (χ1) is 6.08. The molecule has 2 aliphatic rings. The summed E-state index contributed by atoms with van der Waals surface area (Å²) in [7, 11) is 0. The van der Waals surface area contributed by atoms with Gasteiger partial charge in [-0.2, -0.15) is 0 Å². The lowest BCUT2D eigenvalue weighted by Crippen LogP contribution is -2.46. The van der Waals surface area contributed by atoms with Crippen LogP contribution in [0.15, 0.2) is 0 Å². The summed E-state index contributed by atoms with van der Waals surface area (Å²) < 4.78 is 25.9. The van der Waals surface area contributed by atoms with E-state index in [0.717, 1.165) is 12.8 Å². The Balaban J connectivity index is 1.95. The molecule has 13 heavy (non-hydrogen) atoms. The van der Waals surface area contributed by atoms with Crippen molar-refractivity contribution in [3.05, 3.63) is 0 Å². The van der Waals surface area contributed by atoms with Gasteiger partial charge in [0.15, 0.2) is 0 Å². The van der Waals surface area contributed by atoms with Crippen LogP contribution in [0.3, 0.4) is 0 Å². The van der Waals surface area contributed by atoms with E-state index in [4.69, 9.17) is 5.41 Å². The minimum atomic E-state index is -2.57. The van der Waals surface area contributed by atoms with Crippen LogP contribution in [-0.2, 0) is 0 Å². The highest BCUT2D eigenvalue weighted by molar-refractivity contribution is 5.83. The first-order valence-electron chi connectivity index (χ1n) is 4.80. The van der Waals surface area contributed by atoms with Crippen LogP contribution in [0.5, 0.6) is 0 Å². The van der Waals surface area contributed by atoms with Crippen molar-refractivity contribution in [3.63, 3.8) is 0 Å². The second-order valence-corrected chi connectivity index (χ2v) is 4.04. The fraction of sp³-hybridized carbons (Fsp3) is 0.889. The van der Waals surface area contributed by atoms with E-state index in [1.54, 1.807) is 4.90 Å². The fourth-order valence-corrected chi connectivity index (χ4v) is 1.79. The topological polar surface area (TPSA) is 27.1 Å². The maximum absolute atomic E-state index is 13.0. The van der Waals surface area contributed by atoms with Crippen LogP contribution >= 0.6 is 0 Å². The SMILES string of the molecule is N=C(C1CC1)N1CCCC(F)(F)C1. The summed E-state index contributed by atoms with van der Waals surface area (Å²) in [6.07, 6.45) is 2.53. The van der Waals surface area contributed by atoms with Crippen molar-refractivity contribution in [2.24, 2.45) is 5.92 Å². The van der Waals surface area contributed by atoms with Crippen molar-refractivity contribution in [2.75, 3.05) is 13.1 Å². The smallest absolute Gasteiger partial charge is 0.265 e. The van der Waals surface area contributed by atoms with Crippen LogP contribution in [0, 0.1) is 11.3 Å². The lowest BCUT2D eigenvalue weighted by atomic mass is 10.1. The summed E-state index contributed by atoms with van der Waals surface area (Å²) >= 11 is 0. The zero-order valence-corrected chi connectivity index (χ0v) is 7.52. The number of halogens is 2. The van der Waals surface area contributed by atoms with Crippen molar-refractivity contribution >= 4 is 5.84 Å². The van der Waals surface area contributed by atoms with E-state index in [0.29, 0.717) is 18.8 Å². The molecule has 1 saturated heterocycles. The molecule has 0 unspecified atom stereocenters. The van der Waals surface area contributed by atoms with Crippen molar-refractivity contribution < 1.29 is 8.78 Å². The van der Waals surface area contributed by atoms with E-state index in [2.05, 4.69) is 0 Å². The predicted octanol–water partition coefficient (Wildman–Crippen LogP) is 2.10. The van der Waals surface area contributed by atoms with E-state index < -0.39 is 5.92 Å². The highest BCUT2D eigenvalue weighted by Gasteiger charge is 2.39. The Hall–Kier alpha value is -0.670. The molecule has 0 atom stereocenters. The number of piperidine rings is 1. The van der Waals surface area contributed by atoms with Gasteiger partial charge in [-0.05, 0) is 19.3 Å². The molecule has 1 heterocycles. The maximum atomic E-state index is 13.0. The third kappa shape index (κ3) is 1.98. The first kappa shape index (κ1) is 8.91. The summed E-state index contributed by atoms with van der Waals surface area (Å²) in [6, 6.07) is 0. The fourth-order valence-electron chi connectivity index (χ4n) is 1.79. The number of rotatable bonds is 1. The van der Waals surface area contributed by atoms with Gasteiger partial charge < -0.3 is 4.90 Å². The molecule has 4 heteroatoms. The average Bonchev–Trinajstić information content (AvgIpc) is 2.83. The number of nitrogens with one attached hydrogen (secondary N) is 1. The minimum Gasteiger partial charge on any atom is -0.354 e. The third-order valence-corrected chi connectivity index (χ3v) is 2.70. The minimum absolute atomic E-state index is 0.0125. The molecule has 1 aliphatic carbocycles. The molecule has 0 radical (unpaired) electrons. The highest BCUT2D eigenvalue weighted by Crippen LogP contribution is 2.34. The van der Waals surface area contributed by atoms with Gasteiger partial charge in [-0.15, -0.1) is 0 Å². The average molecular weight is 188 g/mol. The van der Waals surface area contributed by atoms with Gasteiger partial charge in [-0.25, -0.2) is 8.78 Å². The Kier molecular flexibility index (Phi) is 2.00. The Bertz CT molecular complexity index is 224. The molecule has 0 aromatic carbocycles. The lowest BCUT2D eigenvalue weighted by Gasteiger charge is -2.34. The molecule has 0 aromatic rings. The molecule has 1 aliphatic heterocycles. The molecule has 74 valence electrons. The number of amidine groups is 1. The van der Waals surface area contributed by atoms with E-state index >= 15 is 0 Å². The summed E-state index contributed by atoms with van der Waals surface area (Å²) in [5.41, 5.74) is 0. The third-order valence-electron chi connectivity index (χ3n) is 2.70. The molecule has 2 fully saturated rings. The van der Waals surface area contributed by atoms with E-state index in [1.165, 1.54) is 0 Å². The number of likely N-dealkylation sites (tertiary alicyclic amines) is 1. The summed E-state index contributed by atoms with van der Waals surface area (Å²) in [5.74, 6) is -1.84. The zero-order valence-electron chi connectivity index (χ0n) is 7.52. The molecule has 0 aromatic heterocycles. The Labute approximate surface area is 76.4 Å². The van der Waals surface area contributed by atoms with Crippen LogP contribution in [0.4, 0.5) is 8.78 Å². The van der Waals surface area contributed by atoms with Gasteiger partial charge in [0.05, 0.1) is 12.4 Å². The Morgan fingerprint density at radius 1 is 1.38 bits per heavy atom. The molecule has 0 amide bonds. The summed E-state index contributed by atoms with van der Waals surface area (Å²) in [6.45, 7) is 0.410. The maximum Gasteiger partial charge on any atom is 0.265 e. The van der Waals surface area contributed by atoms with E-state index in [1.807, 2.05) is 0 Å². The van der Waals surface area contributed by atoms with Crippen LogP contribution in [0.2, 0.25) is 0 Å². The molecule has 1 N–H and O–H groups in total. The number of nitrogens with zero attached hydrogens (tertiary/aromatic N) is 1.